The quantitative estimate of drug-likeness (QED) is 0.104. The summed E-state index contributed by atoms with van der Waals surface area (Å²) in [6.07, 6.45) is 2.18. The van der Waals surface area contributed by atoms with E-state index in [2.05, 4.69) is 20.9 Å². The van der Waals surface area contributed by atoms with Gasteiger partial charge in [0.05, 0.1) is 32.8 Å². The molecule has 15 heteroatoms. The van der Waals surface area contributed by atoms with Crippen molar-refractivity contribution in [2.24, 2.45) is 0 Å². The normalized spacial score (nSPS) is 16.5. The SMILES string of the molecule is CCCCNC(=O)CCC(=O)NCCOCCNC(=O)CN1CCN(CC)CCN(CC(=O)O)CCN(CC(=O)O)CC1. The summed E-state index contributed by atoms with van der Waals surface area (Å²) in [6.45, 7) is 10.9. The van der Waals surface area contributed by atoms with Crippen LogP contribution in [-0.4, -0.2) is 171 Å². The molecule has 0 radical (unpaired) electrons. The van der Waals surface area contributed by atoms with Crippen LogP contribution in [0.2, 0.25) is 0 Å². The predicted octanol–water partition coefficient (Wildman–Crippen LogP) is -1.66. The smallest absolute Gasteiger partial charge is 0.317 e. The minimum absolute atomic E-state index is 0.0948. The van der Waals surface area contributed by atoms with Crippen LogP contribution in [-0.2, 0) is 28.7 Å². The summed E-state index contributed by atoms with van der Waals surface area (Å²) < 4.78 is 5.49. The number of carbonyl (C=O) groups is 5. The van der Waals surface area contributed by atoms with Gasteiger partial charge in [0.2, 0.25) is 17.7 Å². The molecule has 3 amide bonds. The lowest BCUT2D eigenvalue weighted by molar-refractivity contribution is -0.140. The molecule has 1 fully saturated rings. The number of nitrogens with zero attached hydrogens (tertiary/aromatic N) is 4. The first-order chi connectivity index (χ1) is 20.6. The van der Waals surface area contributed by atoms with Crippen molar-refractivity contribution in [3.05, 3.63) is 0 Å². The second-order valence-electron chi connectivity index (χ2n) is 10.6. The minimum atomic E-state index is -0.955. The van der Waals surface area contributed by atoms with Crippen molar-refractivity contribution in [1.82, 2.24) is 35.6 Å². The van der Waals surface area contributed by atoms with Crippen molar-refractivity contribution < 1.29 is 38.9 Å². The fourth-order valence-electron chi connectivity index (χ4n) is 4.45. The molecule has 0 aromatic heterocycles. The van der Waals surface area contributed by atoms with E-state index < -0.39 is 11.9 Å². The molecular formula is C28H53N7O8. The second kappa shape index (κ2) is 23.6. The van der Waals surface area contributed by atoms with Crippen molar-refractivity contribution in [2.45, 2.75) is 39.5 Å². The van der Waals surface area contributed by atoms with Crippen molar-refractivity contribution in [1.29, 1.82) is 0 Å². The fraction of sp³-hybridized carbons (Fsp3) is 0.821. The van der Waals surface area contributed by atoms with Gasteiger partial charge in [-0.15, -0.1) is 0 Å². The summed E-state index contributed by atoms with van der Waals surface area (Å²) >= 11 is 0. The highest BCUT2D eigenvalue weighted by Gasteiger charge is 2.19. The molecule has 15 nitrogen and oxygen atoms in total. The summed E-state index contributed by atoms with van der Waals surface area (Å²) in [4.78, 5) is 66.7. The van der Waals surface area contributed by atoms with Gasteiger partial charge in [-0.25, -0.2) is 0 Å². The molecule has 0 spiro atoms. The van der Waals surface area contributed by atoms with E-state index in [9.17, 15) is 34.2 Å². The molecule has 1 heterocycles. The molecule has 0 aromatic carbocycles. The summed E-state index contributed by atoms with van der Waals surface area (Å²) in [5, 5.41) is 26.9. The fourth-order valence-corrected chi connectivity index (χ4v) is 4.45. The van der Waals surface area contributed by atoms with Gasteiger partial charge in [-0.05, 0) is 13.0 Å². The molecule has 0 atom stereocenters. The van der Waals surface area contributed by atoms with Crippen LogP contribution in [0.15, 0.2) is 0 Å². The van der Waals surface area contributed by atoms with Crippen molar-refractivity contribution in [2.75, 3.05) is 111 Å². The molecule has 248 valence electrons. The van der Waals surface area contributed by atoms with E-state index in [0.717, 1.165) is 19.4 Å². The van der Waals surface area contributed by atoms with E-state index in [0.29, 0.717) is 72.0 Å². The van der Waals surface area contributed by atoms with Crippen LogP contribution in [0.1, 0.15) is 39.5 Å². The standard InChI is InChI=1S/C28H53N7O8/c1-3-5-8-29-24(36)6-7-25(37)30-9-19-43-20-10-31-26(38)21-33-13-11-32(4-2)12-14-34(22-27(39)40)17-18-35(16-15-33)23-28(41)42/h3-23H2,1-2H3,(H,29,36)(H,30,37)(H,31,38)(H,39,40)(H,41,42). The minimum Gasteiger partial charge on any atom is -0.480 e. The van der Waals surface area contributed by atoms with Gasteiger partial charge in [-0.2, -0.15) is 0 Å². The molecule has 0 unspecified atom stereocenters. The molecule has 1 aliphatic heterocycles. The molecule has 0 saturated carbocycles. The largest absolute Gasteiger partial charge is 0.480 e. The molecule has 1 rings (SSSR count). The first-order valence-electron chi connectivity index (χ1n) is 15.3. The van der Waals surface area contributed by atoms with Crippen LogP contribution < -0.4 is 16.0 Å². The van der Waals surface area contributed by atoms with Gasteiger partial charge in [0.1, 0.15) is 0 Å². The number of rotatable bonds is 19. The lowest BCUT2D eigenvalue weighted by Gasteiger charge is -2.33. The Morgan fingerprint density at radius 3 is 1.40 bits per heavy atom. The Labute approximate surface area is 255 Å². The Hall–Kier alpha value is -2.85. The van der Waals surface area contributed by atoms with E-state index in [4.69, 9.17) is 4.74 Å². The first-order valence-corrected chi connectivity index (χ1v) is 15.3. The molecule has 1 saturated heterocycles. The maximum Gasteiger partial charge on any atom is 0.317 e. The van der Waals surface area contributed by atoms with Gasteiger partial charge in [-0.3, -0.25) is 38.7 Å². The van der Waals surface area contributed by atoms with Gasteiger partial charge >= 0.3 is 11.9 Å². The Bertz CT molecular complexity index is 848. The van der Waals surface area contributed by atoms with Gasteiger partial charge in [0, 0.05) is 84.8 Å². The number of aliphatic carboxylic acids is 2. The Kier molecular flexibility index (Phi) is 20.9. The van der Waals surface area contributed by atoms with Crippen molar-refractivity contribution in [3.8, 4) is 0 Å². The Morgan fingerprint density at radius 1 is 0.581 bits per heavy atom. The average Bonchev–Trinajstić information content (AvgIpc) is 2.95. The van der Waals surface area contributed by atoms with Gasteiger partial charge in [-0.1, -0.05) is 20.3 Å². The van der Waals surface area contributed by atoms with Crippen LogP contribution >= 0.6 is 0 Å². The number of nitrogens with one attached hydrogen (secondary N) is 3. The number of likely N-dealkylation sites (N-methyl/N-ethyl adjacent to an activating group) is 1. The zero-order valence-electron chi connectivity index (χ0n) is 26.0. The molecule has 1 aliphatic rings. The van der Waals surface area contributed by atoms with Crippen LogP contribution in [0, 0.1) is 0 Å². The van der Waals surface area contributed by atoms with Crippen LogP contribution in [0.4, 0.5) is 0 Å². The Morgan fingerprint density at radius 2 is 0.977 bits per heavy atom. The van der Waals surface area contributed by atoms with Crippen molar-refractivity contribution in [3.63, 3.8) is 0 Å². The molecule has 0 aromatic rings. The van der Waals surface area contributed by atoms with Gasteiger partial charge < -0.3 is 35.8 Å². The van der Waals surface area contributed by atoms with Crippen molar-refractivity contribution >= 4 is 29.7 Å². The van der Waals surface area contributed by atoms with Gasteiger partial charge in [0.25, 0.3) is 0 Å². The molecular weight excluding hydrogens is 562 g/mol. The third kappa shape index (κ3) is 20.7. The topological polar surface area (TPSA) is 184 Å². The number of amides is 3. The third-order valence-corrected chi connectivity index (χ3v) is 7.03. The number of hydrogen-bond acceptors (Lipinski definition) is 10. The number of hydrogen-bond donors (Lipinski definition) is 5. The monoisotopic (exact) mass is 615 g/mol. The molecule has 5 N–H and O–H groups in total. The van der Waals surface area contributed by atoms with Gasteiger partial charge in [0.15, 0.2) is 0 Å². The maximum atomic E-state index is 12.6. The third-order valence-electron chi connectivity index (χ3n) is 7.03. The summed E-state index contributed by atoms with van der Waals surface area (Å²) in [5.41, 5.74) is 0. The van der Waals surface area contributed by atoms with E-state index in [1.54, 1.807) is 4.90 Å². The zero-order chi connectivity index (χ0) is 31.9. The van der Waals surface area contributed by atoms with E-state index >= 15 is 0 Å². The molecule has 43 heavy (non-hydrogen) atoms. The van der Waals surface area contributed by atoms with Crippen LogP contribution in [0.5, 0.6) is 0 Å². The van der Waals surface area contributed by atoms with E-state index in [-0.39, 0.29) is 63.4 Å². The number of carbonyl (C=O) groups excluding carboxylic acids is 3. The zero-order valence-corrected chi connectivity index (χ0v) is 26.0. The Balaban J connectivity index is 2.41. The number of unbranched alkanes of at least 4 members (excludes halogenated alkanes) is 1. The highest BCUT2D eigenvalue weighted by atomic mass is 16.5. The van der Waals surface area contributed by atoms with Crippen LogP contribution in [0.25, 0.3) is 0 Å². The van der Waals surface area contributed by atoms with E-state index in [1.807, 2.05) is 23.6 Å². The maximum absolute atomic E-state index is 12.6. The number of carboxylic acids is 2. The molecule has 0 bridgehead atoms. The summed E-state index contributed by atoms with van der Waals surface area (Å²) in [6, 6.07) is 0. The molecule has 0 aliphatic carbocycles. The second-order valence-corrected chi connectivity index (χ2v) is 10.6. The summed E-state index contributed by atoms with van der Waals surface area (Å²) in [7, 11) is 0. The number of ether oxygens (including phenoxy) is 1. The predicted molar refractivity (Wildman–Crippen MR) is 161 cm³/mol. The van der Waals surface area contributed by atoms with Crippen LogP contribution in [0.3, 0.4) is 0 Å². The number of carboxylic acid groups (broad SMARTS) is 2. The average molecular weight is 616 g/mol. The summed E-state index contributed by atoms with van der Waals surface area (Å²) in [5.74, 6) is -2.38. The lowest BCUT2D eigenvalue weighted by Crippen LogP contribution is -2.49. The van der Waals surface area contributed by atoms with E-state index in [1.165, 1.54) is 0 Å². The lowest BCUT2D eigenvalue weighted by atomic mass is 10.2. The highest BCUT2D eigenvalue weighted by molar-refractivity contribution is 5.83. The first kappa shape index (κ1) is 38.2. The highest BCUT2D eigenvalue weighted by Crippen LogP contribution is 2.01.